The van der Waals surface area contributed by atoms with Crippen LogP contribution in [0.2, 0.25) is 0 Å². The van der Waals surface area contributed by atoms with E-state index in [0.29, 0.717) is 12.8 Å². The van der Waals surface area contributed by atoms with E-state index in [9.17, 15) is 14.7 Å². The lowest BCUT2D eigenvalue weighted by Gasteiger charge is -2.15. The topological polar surface area (TPSA) is 72.8 Å². The van der Waals surface area contributed by atoms with Gasteiger partial charge in [-0.15, -0.1) is 0 Å². The minimum Gasteiger partial charge on any atom is -0.462 e. The fourth-order valence-electron chi connectivity index (χ4n) is 8.28. The zero-order valence-electron chi connectivity index (χ0n) is 45.3. The first kappa shape index (κ1) is 65.8. The Balaban J connectivity index is 3.50. The van der Waals surface area contributed by atoms with Crippen molar-refractivity contribution in [2.45, 2.75) is 283 Å². The third-order valence-corrected chi connectivity index (χ3v) is 12.6. The van der Waals surface area contributed by atoms with E-state index in [-0.39, 0.29) is 25.2 Å². The summed E-state index contributed by atoms with van der Waals surface area (Å²) in [7, 11) is 0. The van der Waals surface area contributed by atoms with Gasteiger partial charge >= 0.3 is 11.9 Å². The summed E-state index contributed by atoms with van der Waals surface area (Å²) in [5.74, 6) is -0.583. The van der Waals surface area contributed by atoms with Crippen molar-refractivity contribution in [2.75, 3.05) is 13.2 Å². The number of rotatable bonds is 53. The Bertz CT molecular complexity index is 1310. The third-order valence-electron chi connectivity index (χ3n) is 12.6. The van der Waals surface area contributed by atoms with Crippen LogP contribution in [0.3, 0.4) is 0 Å². The van der Waals surface area contributed by atoms with Crippen LogP contribution in [0.4, 0.5) is 0 Å². The van der Waals surface area contributed by atoms with E-state index in [1.807, 2.05) is 0 Å². The Morgan fingerprint density at radius 3 is 0.942 bits per heavy atom. The maximum atomic E-state index is 12.3. The maximum Gasteiger partial charge on any atom is 0.306 e. The number of carbonyl (C=O) groups is 2. The van der Waals surface area contributed by atoms with E-state index in [1.54, 1.807) is 0 Å². The number of hydrogen-bond acceptors (Lipinski definition) is 5. The van der Waals surface area contributed by atoms with Gasteiger partial charge in [0, 0.05) is 12.8 Å². The van der Waals surface area contributed by atoms with Crippen LogP contribution in [0.1, 0.15) is 277 Å². The molecule has 5 nitrogen and oxygen atoms in total. The minimum absolute atomic E-state index is 0.0649. The Morgan fingerprint density at radius 2 is 0.623 bits per heavy atom. The molecule has 0 heterocycles. The molecule has 0 spiro atoms. The third kappa shape index (κ3) is 57.3. The fourth-order valence-corrected chi connectivity index (χ4v) is 8.28. The Morgan fingerprint density at radius 1 is 0.348 bits per heavy atom. The highest BCUT2D eigenvalue weighted by atomic mass is 16.6. The molecule has 1 atom stereocenters. The molecule has 69 heavy (non-hydrogen) atoms. The van der Waals surface area contributed by atoms with E-state index in [4.69, 9.17) is 9.47 Å². The van der Waals surface area contributed by atoms with Gasteiger partial charge < -0.3 is 14.6 Å². The van der Waals surface area contributed by atoms with Gasteiger partial charge in [0.25, 0.3) is 0 Å². The summed E-state index contributed by atoms with van der Waals surface area (Å²) in [5.41, 5.74) is 0. The largest absolute Gasteiger partial charge is 0.462 e. The van der Waals surface area contributed by atoms with Crippen LogP contribution in [0.5, 0.6) is 0 Å². The molecule has 0 saturated carbocycles. The number of allylic oxidation sites excluding steroid dienone is 16. The highest BCUT2D eigenvalue weighted by Gasteiger charge is 2.16. The van der Waals surface area contributed by atoms with Gasteiger partial charge in [-0.3, -0.25) is 9.59 Å². The number of aliphatic hydroxyl groups excluding tert-OH is 1. The number of unbranched alkanes of at least 4 members (excludes halogenated alkanes) is 29. The van der Waals surface area contributed by atoms with Crippen molar-refractivity contribution in [1.29, 1.82) is 0 Å². The monoisotopic (exact) mass is 959 g/mol. The molecule has 0 rings (SSSR count). The smallest absolute Gasteiger partial charge is 0.306 e. The summed E-state index contributed by atoms with van der Waals surface area (Å²) in [6.45, 7) is 4.05. The van der Waals surface area contributed by atoms with Crippen molar-refractivity contribution in [3.05, 3.63) is 97.2 Å². The Kier molecular flexibility index (Phi) is 56.4. The van der Waals surface area contributed by atoms with Gasteiger partial charge in [0.05, 0.1) is 6.61 Å². The molecule has 0 aromatic rings. The molecule has 396 valence electrons. The molecular weight excluding hydrogens is 849 g/mol. The van der Waals surface area contributed by atoms with E-state index < -0.39 is 6.10 Å². The lowest BCUT2D eigenvalue weighted by Crippen LogP contribution is -2.28. The van der Waals surface area contributed by atoms with Crippen molar-refractivity contribution in [2.24, 2.45) is 0 Å². The zero-order valence-corrected chi connectivity index (χ0v) is 45.3. The summed E-state index contributed by atoms with van der Waals surface area (Å²) < 4.78 is 10.7. The molecule has 0 fully saturated rings. The first-order valence-corrected chi connectivity index (χ1v) is 29.3. The first-order valence-electron chi connectivity index (χ1n) is 29.3. The Labute approximate surface area is 428 Å². The molecular formula is C64H110O5. The minimum atomic E-state index is -0.774. The van der Waals surface area contributed by atoms with Crippen LogP contribution in [-0.4, -0.2) is 36.4 Å². The van der Waals surface area contributed by atoms with Gasteiger partial charge in [0.1, 0.15) is 6.61 Å². The summed E-state index contributed by atoms with van der Waals surface area (Å²) in [6, 6.07) is 0. The summed E-state index contributed by atoms with van der Waals surface area (Å²) in [5, 5.41) is 9.64. The standard InChI is InChI=1S/C64H110O5/c1-3-5-7-9-11-13-15-17-19-21-22-23-24-25-26-27-28-29-30-31-32-33-34-35-36-37-38-39-40-41-42-43-45-47-49-51-53-55-57-59-64(67)69-62(60-65)61-68-63(66)58-56-54-52-50-48-46-44-20-18-16-14-12-10-8-6-4-2/h5,7,11,13,17,19,22-23,25-26,28-29,31-32,34-35,62,65H,3-4,6,8-10,12,14-16,18,20-21,24,27,30,33,36-61H2,1-2H3/b7-5-,13-11-,19-17-,23-22-,26-25-,29-28-,32-31-,35-34-. The van der Waals surface area contributed by atoms with Gasteiger partial charge in [0.15, 0.2) is 6.10 Å². The van der Waals surface area contributed by atoms with Gasteiger partial charge in [-0.1, -0.05) is 284 Å². The van der Waals surface area contributed by atoms with Crippen molar-refractivity contribution >= 4 is 11.9 Å². The molecule has 0 aliphatic heterocycles. The van der Waals surface area contributed by atoms with Crippen molar-refractivity contribution in [1.82, 2.24) is 0 Å². The number of esters is 2. The average Bonchev–Trinajstić information content (AvgIpc) is 3.35. The van der Waals surface area contributed by atoms with Crippen LogP contribution >= 0.6 is 0 Å². The van der Waals surface area contributed by atoms with Crippen LogP contribution in [0.25, 0.3) is 0 Å². The van der Waals surface area contributed by atoms with Crippen LogP contribution < -0.4 is 0 Å². The van der Waals surface area contributed by atoms with Gasteiger partial charge in [-0.2, -0.15) is 0 Å². The molecule has 0 aromatic carbocycles. The van der Waals surface area contributed by atoms with Gasteiger partial charge in [-0.05, 0) is 77.0 Å². The summed E-state index contributed by atoms with van der Waals surface area (Å²) in [6.07, 6.45) is 83.9. The van der Waals surface area contributed by atoms with E-state index in [0.717, 1.165) is 89.9 Å². The number of hydrogen-bond donors (Lipinski definition) is 1. The van der Waals surface area contributed by atoms with E-state index >= 15 is 0 Å². The van der Waals surface area contributed by atoms with Gasteiger partial charge in [-0.25, -0.2) is 0 Å². The van der Waals surface area contributed by atoms with Gasteiger partial charge in [0.2, 0.25) is 0 Å². The molecule has 0 bridgehead atoms. The average molecular weight is 960 g/mol. The molecule has 5 heteroatoms. The highest BCUT2D eigenvalue weighted by Crippen LogP contribution is 2.16. The number of ether oxygens (including phenoxy) is 2. The second-order valence-electron chi connectivity index (χ2n) is 19.3. The molecule has 0 aromatic heterocycles. The maximum absolute atomic E-state index is 12.3. The molecule has 0 radical (unpaired) electrons. The van der Waals surface area contributed by atoms with Crippen molar-refractivity contribution in [3.63, 3.8) is 0 Å². The lowest BCUT2D eigenvalue weighted by molar-refractivity contribution is -0.161. The first-order chi connectivity index (χ1) is 34.1. The van der Waals surface area contributed by atoms with Crippen molar-refractivity contribution < 1.29 is 24.2 Å². The molecule has 0 aliphatic carbocycles. The number of carbonyl (C=O) groups excluding carboxylic acids is 2. The normalized spacial score (nSPS) is 12.9. The second kappa shape index (κ2) is 59.1. The van der Waals surface area contributed by atoms with Crippen LogP contribution in [0, 0.1) is 0 Å². The van der Waals surface area contributed by atoms with E-state index in [2.05, 4.69) is 111 Å². The molecule has 0 amide bonds. The zero-order chi connectivity index (χ0) is 49.9. The molecule has 1 unspecified atom stereocenters. The lowest BCUT2D eigenvalue weighted by atomic mass is 10.0. The molecule has 0 saturated heterocycles. The summed E-state index contributed by atoms with van der Waals surface area (Å²) in [4.78, 5) is 24.5. The predicted molar refractivity (Wildman–Crippen MR) is 302 cm³/mol. The predicted octanol–water partition coefficient (Wildman–Crippen LogP) is 19.9. The fraction of sp³-hybridized carbons (Fsp3) is 0.719. The van der Waals surface area contributed by atoms with Crippen LogP contribution in [0.15, 0.2) is 97.2 Å². The quantitative estimate of drug-likeness (QED) is 0.0374. The number of aliphatic hydroxyl groups is 1. The Hall–Kier alpha value is -3.18. The summed E-state index contributed by atoms with van der Waals surface area (Å²) >= 11 is 0. The SMILES string of the molecule is CC/C=C\C/C=C\C/C=C\C/C=C\C/C=C\C/C=C\C/C=C\C/C=C\CCCCCCCCCCCCCCCCC(=O)OC(CO)COC(=O)CCCCCCCCCCCCCCCCCC. The molecule has 1 N–H and O–H groups in total. The van der Waals surface area contributed by atoms with E-state index in [1.165, 1.54) is 161 Å². The van der Waals surface area contributed by atoms with Crippen molar-refractivity contribution in [3.8, 4) is 0 Å². The highest BCUT2D eigenvalue weighted by molar-refractivity contribution is 5.70. The second-order valence-corrected chi connectivity index (χ2v) is 19.3. The van der Waals surface area contributed by atoms with Crippen LogP contribution in [-0.2, 0) is 19.1 Å². The molecule has 0 aliphatic rings.